The molecule has 1 atom stereocenters. The summed E-state index contributed by atoms with van der Waals surface area (Å²) < 4.78 is 14.2. The summed E-state index contributed by atoms with van der Waals surface area (Å²) >= 11 is 0. The van der Waals surface area contributed by atoms with Gasteiger partial charge in [0.15, 0.2) is 0 Å². The first kappa shape index (κ1) is 15.3. The molecule has 0 unspecified atom stereocenters. The largest absolute Gasteiger partial charge is 0.370 e. The molecule has 0 amide bonds. The number of hydrogen-bond acceptors (Lipinski definition) is 3. The summed E-state index contributed by atoms with van der Waals surface area (Å²) in [5.41, 5.74) is 7.68. The van der Waals surface area contributed by atoms with Gasteiger partial charge in [-0.15, -0.1) is 0 Å². The Kier molecular flexibility index (Phi) is 4.35. The van der Waals surface area contributed by atoms with Crippen molar-refractivity contribution in [2.75, 3.05) is 32.6 Å². The summed E-state index contributed by atoms with van der Waals surface area (Å²) in [6.07, 6.45) is 3.60. The van der Waals surface area contributed by atoms with Crippen LogP contribution in [0.2, 0.25) is 0 Å². The van der Waals surface area contributed by atoms with Crippen LogP contribution in [0.15, 0.2) is 18.2 Å². The molecule has 1 aromatic carbocycles. The van der Waals surface area contributed by atoms with Gasteiger partial charge in [0.1, 0.15) is 5.82 Å². The van der Waals surface area contributed by atoms with Crippen LogP contribution >= 0.6 is 0 Å². The minimum Gasteiger partial charge on any atom is -0.370 e. The smallest absolute Gasteiger partial charge is 0.146 e. The molecular weight excluding hydrogens is 253 g/mol. The van der Waals surface area contributed by atoms with E-state index in [0.717, 1.165) is 12.1 Å². The lowest BCUT2D eigenvalue weighted by molar-refractivity contribution is 0.0681. The lowest BCUT2D eigenvalue weighted by Gasteiger charge is -2.49. The van der Waals surface area contributed by atoms with Gasteiger partial charge in [0.05, 0.1) is 5.69 Å². The van der Waals surface area contributed by atoms with Crippen LogP contribution in [0.4, 0.5) is 10.1 Å². The molecule has 2 N–H and O–H groups in total. The molecule has 1 aromatic rings. The standard InChI is InChI=1S/C16H26FN3/c1-12(18)13-7-5-8-14(17)15(13)20(4)11-16(19(2)3)9-6-10-16/h5,7-8,12H,6,9-11,18H2,1-4H3/t12-/m1/s1. The molecule has 1 fully saturated rings. The molecule has 4 heteroatoms. The zero-order valence-electron chi connectivity index (χ0n) is 13.0. The fourth-order valence-electron chi connectivity index (χ4n) is 3.15. The Bertz CT molecular complexity index is 467. The van der Waals surface area contributed by atoms with Crippen molar-refractivity contribution in [2.45, 2.75) is 37.8 Å². The third-order valence-electron chi connectivity index (χ3n) is 4.65. The number of rotatable bonds is 5. The second-order valence-corrected chi connectivity index (χ2v) is 6.29. The summed E-state index contributed by atoms with van der Waals surface area (Å²) in [6, 6.07) is 5.00. The van der Waals surface area contributed by atoms with Crippen molar-refractivity contribution in [2.24, 2.45) is 5.73 Å². The maximum absolute atomic E-state index is 14.2. The summed E-state index contributed by atoms with van der Waals surface area (Å²) in [4.78, 5) is 4.31. The number of nitrogens with two attached hydrogens (primary N) is 1. The highest BCUT2D eigenvalue weighted by molar-refractivity contribution is 5.56. The van der Waals surface area contributed by atoms with Gasteiger partial charge < -0.3 is 15.5 Å². The van der Waals surface area contributed by atoms with Crippen LogP contribution in [0.5, 0.6) is 0 Å². The van der Waals surface area contributed by atoms with E-state index in [1.165, 1.54) is 25.3 Å². The van der Waals surface area contributed by atoms with E-state index in [1.54, 1.807) is 6.07 Å². The van der Waals surface area contributed by atoms with E-state index >= 15 is 0 Å². The molecule has 0 bridgehead atoms. The molecule has 0 spiro atoms. The van der Waals surface area contributed by atoms with Gasteiger partial charge in [0.2, 0.25) is 0 Å². The van der Waals surface area contributed by atoms with E-state index in [4.69, 9.17) is 5.73 Å². The van der Waals surface area contributed by atoms with Crippen molar-refractivity contribution in [3.05, 3.63) is 29.6 Å². The molecule has 1 saturated carbocycles. The van der Waals surface area contributed by atoms with Crippen molar-refractivity contribution in [1.82, 2.24) is 4.90 Å². The zero-order valence-corrected chi connectivity index (χ0v) is 13.0. The third-order valence-corrected chi connectivity index (χ3v) is 4.65. The van der Waals surface area contributed by atoms with Gasteiger partial charge in [-0.05, 0) is 51.9 Å². The Balaban J connectivity index is 2.27. The van der Waals surface area contributed by atoms with E-state index in [9.17, 15) is 4.39 Å². The Labute approximate surface area is 121 Å². The minimum atomic E-state index is -0.185. The van der Waals surface area contributed by atoms with E-state index in [-0.39, 0.29) is 17.4 Å². The number of nitrogens with zero attached hydrogens (tertiary/aromatic N) is 2. The molecule has 0 saturated heterocycles. The van der Waals surface area contributed by atoms with Crippen molar-refractivity contribution < 1.29 is 4.39 Å². The highest BCUT2D eigenvalue weighted by atomic mass is 19.1. The Morgan fingerprint density at radius 2 is 1.95 bits per heavy atom. The van der Waals surface area contributed by atoms with Crippen molar-refractivity contribution in [1.29, 1.82) is 0 Å². The first-order valence-corrected chi connectivity index (χ1v) is 7.30. The zero-order chi connectivity index (χ0) is 14.9. The summed E-state index contributed by atoms with van der Waals surface area (Å²) in [6.45, 7) is 2.73. The summed E-state index contributed by atoms with van der Waals surface area (Å²) in [5, 5.41) is 0. The van der Waals surface area contributed by atoms with Crippen molar-refractivity contribution in [3.8, 4) is 0 Å². The Morgan fingerprint density at radius 1 is 1.30 bits per heavy atom. The van der Waals surface area contributed by atoms with Crippen LogP contribution in [0, 0.1) is 5.82 Å². The van der Waals surface area contributed by atoms with Gasteiger partial charge >= 0.3 is 0 Å². The minimum absolute atomic E-state index is 0.167. The molecule has 0 heterocycles. The molecule has 1 aliphatic rings. The lowest BCUT2D eigenvalue weighted by atomic mass is 9.75. The van der Waals surface area contributed by atoms with Gasteiger partial charge in [-0.3, -0.25) is 0 Å². The number of halogens is 1. The highest BCUT2D eigenvalue weighted by Crippen LogP contribution is 2.38. The number of para-hydroxylation sites is 1. The second kappa shape index (κ2) is 5.70. The number of benzene rings is 1. The van der Waals surface area contributed by atoms with Gasteiger partial charge in [-0.25, -0.2) is 4.39 Å². The van der Waals surface area contributed by atoms with Crippen LogP contribution in [0.3, 0.4) is 0 Å². The third kappa shape index (κ3) is 2.67. The van der Waals surface area contributed by atoms with E-state index < -0.39 is 0 Å². The van der Waals surface area contributed by atoms with Crippen LogP contribution in [-0.4, -0.2) is 38.1 Å². The van der Waals surface area contributed by atoms with Crippen LogP contribution < -0.4 is 10.6 Å². The van der Waals surface area contributed by atoms with E-state index in [0.29, 0.717) is 5.69 Å². The normalized spacial score (nSPS) is 18.8. The van der Waals surface area contributed by atoms with E-state index in [2.05, 4.69) is 19.0 Å². The van der Waals surface area contributed by atoms with Crippen molar-refractivity contribution >= 4 is 5.69 Å². The molecule has 0 aromatic heterocycles. The average molecular weight is 279 g/mol. The maximum Gasteiger partial charge on any atom is 0.146 e. The SMILES string of the molecule is C[C@@H](N)c1cccc(F)c1N(C)CC1(N(C)C)CCC1. The van der Waals surface area contributed by atoms with E-state index in [1.807, 2.05) is 24.9 Å². The number of hydrogen-bond donors (Lipinski definition) is 1. The van der Waals surface area contributed by atoms with Gasteiger partial charge in [-0.2, -0.15) is 0 Å². The molecule has 2 rings (SSSR count). The summed E-state index contributed by atoms with van der Waals surface area (Å²) in [7, 11) is 6.19. The first-order chi connectivity index (χ1) is 9.37. The van der Waals surface area contributed by atoms with Gasteiger partial charge in [-0.1, -0.05) is 12.1 Å². The van der Waals surface area contributed by atoms with Crippen LogP contribution in [0.1, 0.15) is 37.8 Å². The number of anilines is 1. The Hall–Kier alpha value is -1.13. The molecule has 112 valence electrons. The molecule has 1 aliphatic carbocycles. The second-order valence-electron chi connectivity index (χ2n) is 6.29. The molecule has 20 heavy (non-hydrogen) atoms. The van der Waals surface area contributed by atoms with Crippen LogP contribution in [0.25, 0.3) is 0 Å². The van der Waals surface area contributed by atoms with Gasteiger partial charge in [0.25, 0.3) is 0 Å². The average Bonchev–Trinajstić information content (AvgIpc) is 2.32. The maximum atomic E-state index is 14.2. The fourth-order valence-corrected chi connectivity index (χ4v) is 3.15. The Morgan fingerprint density at radius 3 is 2.40 bits per heavy atom. The fraction of sp³-hybridized carbons (Fsp3) is 0.625. The van der Waals surface area contributed by atoms with Crippen molar-refractivity contribution in [3.63, 3.8) is 0 Å². The van der Waals surface area contributed by atoms with Crippen LogP contribution in [-0.2, 0) is 0 Å². The first-order valence-electron chi connectivity index (χ1n) is 7.30. The molecule has 0 aliphatic heterocycles. The quantitative estimate of drug-likeness (QED) is 0.899. The van der Waals surface area contributed by atoms with Gasteiger partial charge in [0, 0.05) is 25.2 Å². The highest BCUT2D eigenvalue weighted by Gasteiger charge is 2.40. The predicted molar refractivity (Wildman–Crippen MR) is 82.5 cm³/mol. The monoisotopic (exact) mass is 279 g/mol. The molecule has 0 radical (unpaired) electrons. The molecule has 3 nitrogen and oxygen atoms in total. The lowest BCUT2D eigenvalue weighted by Crippen LogP contribution is -2.57. The topological polar surface area (TPSA) is 32.5 Å². The predicted octanol–water partition coefficient (Wildman–Crippen LogP) is 2.77. The number of likely N-dealkylation sites (N-methyl/N-ethyl adjacent to an activating group) is 2. The summed E-state index contributed by atoms with van der Waals surface area (Å²) in [5.74, 6) is -0.185. The molecular formula is C16H26FN3.